The molecular formula is C15H23BrClNO. The molecule has 0 bridgehead atoms. The van der Waals surface area contributed by atoms with Gasteiger partial charge < -0.3 is 10.8 Å². The molecule has 1 aromatic carbocycles. The highest BCUT2D eigenvalue weighted by molar-refractivity contribution is 9.10. The van der Waals surface area contributed by atoms with Gasteiger partial charge in [0, 0.05) is 16.1 Å². The van der Waals surface area contributed by atoms with E-state index in [1.54, 1.807) is 0 Å². The summed E-state index contributed by atoms with van der Waals surface area (Å²) in [6, 6.07) is 1.77. The number of rotatable bonds is 2. The minimum atomic E-state index is -0.0396. The third kappa shape index (κ3) is 3.45. The van der Waals surface area contributed by atoms with Gasteiger partial charge in [0.15, 0.2) is 0 Å². The highest BCUT2D eigenvalue weighted by Gasteiger charge is 2.26. The molecule has 0 unspecified atom stereocenters. The van der Waals surface area contributed by atoms with Crippen molar-refractivity contribution in [2.75, 3.05) is 0 Å². The molecule has 2 nitrogen and oxygen atoms in total. The quantitative estimate of drug-likeness (QED) is 0.808. The first-order valence-electron chi connectivity index (χ1n) is 6.76. The van der Waals surface area contributed by atoms with E-state index in [0.29, 0.717) is 11.7 Å². The van der Waals surface area contributed by atoms with Gasteiger partial charge >= 0.3 is 0 Å². The summed E-state index contributed by atoms with van der Waals surface area (Å²) in [5, 5.41) is 10.2. The second kappa shape index (κ2) is 6.96. The van der Waals surface area contributed by atoms with Gasteiger partial charge in [-0.25, -0.2) is 0 Å². The van der Waals surface area contributed by atoms with E-state index in [-0.39, 0.29) is 18.4 Å². The van der Waals surface area contributed by atoms with Crippen molar-refractivity contribution >= 4 is 28.3 Å². The van der Waals surface area contributed by atoms with Crippen molar-refractivity contribution in [2.45, 2.75) is 52.0 Å². The summed E-state index contributed by atoms with van der Waals surface area (Å²) in [5.41, 5.74) is 9.49. The van der Waals surface area contributed by atoms with Gasteiger partial charge in [-0.15, -0.1) is 12.4 Å². The third-order valence-corrected chi connectivity index (χ3v) is 5.42. The van der Waals surface area contributed by atoms with Crippen molar-refractivity contribution in [3.63, 3.8) is 0 Å². The Labute approximate surface area is 130 Å². The van der Waals surface area contributed by atoms with Crippen LogP contribution in [0.2, 0.25) is 0 Å². The van der Waals surface area contributed by atoms with E-state index in [9.17, 15) is 5.11 Å². The van der Waals surface area contributed by atoms with Gasteiger partial charge in [0.25, 0.3) is 0 Å². The maximum atomic E-state index is 10.2. The number of benzene rings is 1. The number of phenolic OH excluding ortho intramolecular Hbond substituents is 1. The van der Waals surface area contributed by atoms with Gasteiger partial charge in [-0.05, 0) is 49.8 Å². The largest absolute Gasteiger partial charge is 0.508 e. The topological polar surface area (TPSA) is 46.2 Å². The fourth-order valence-electron chi connectivity index (χ4n) is 3.10. The summed E-state index contributed by atoms with van der Waals surface area (Å²) in [4.78, 5) is 0. The van der Waals surface area contributed by atoms with E-state index < -0.39 is 0 Å². The zero-order valence-corrected chi connectivity index (χ0v) is 14.0. The van der Waals surface area contributed by atoms with E-state index in [0.717, 1.165) is 21.2 Å². The number of hydrogen-bond donors (Lipinski definition) is 2. The summed E-state index contributed by atoms with van der Waals surface area (Å²) < 4.78 is 1.07. The number of nitrogens with two attached hydrogens (primary N) is 1. The van der Waals surface area contributed by atoms with E-state index in [4.69, 9.17) is 5.73 Å². The van der Waals surface area contributed by atoms with Crippen LogP contribution in [0.1, 0.15) is 54.8 Å². The second-order valence-corrected chi connectivity index (χ2v) is 6.28. The van der Waals surface area contributed by atoms with Crippen LogP contribution < -0.4 is 5.73 Å². The van der Waals surface area contributed by atoms with Crippen LogP contribution >= 0.6 is 28.3 Å². The van der Waals surface area contributed by atoms with Crippen LogP contribution in [0.25, 0.3) is 0 Å². The molecule has 1 fully saturated rings. The molecule has 0 radical (unpaired) electrons. The Bertz CT molecular complexity index is 444. The summed E-state index contributed by atoms with van der Waals surface area (Å²) in [7, 11) is 0. The summed E-state index contributed by atoms with van der Waals surface area (Å²) in [6.45, 7) is 4.03. The average molecular weight is 349 g/mol. The first-order chi connectivity index (χ1) is 8.52. The lowest BCUT2D eigenvalue weighted by atomic mass is 9.80. The lowest BCUT2D eigenvalue weighted by molar-refractivity contribution is 0.302. The fraction of sp³-hybridized carbons (Fsp3) is 0.600. The van der Waals surface area contributed by atoms with Crippen molar-refractivity contribution in [1.29, 1.82) is 0 Å². The van der Waals surface area contributed by atoms with Crippen molar-refractivity contribution in [2.24, 2.45) is 11.7 Å². The predicted octanol–water partition coefficient (Wildman–Crippen LogP) is 4.77. The lowest BCUT2D eigenvalue weighted by Gasteiger charge is -2.29. The Hall–Kier alpha value is -0.250. The Morgan fingerprint density at radius 1 is 1.26 bits per heavy atom. The molecule has 1 saturated carbocycles. The standard InChI is InChI=1S/C15H22BrNO.ClH/c1-9-8-12(18)13(10(2)14(9)16)15(17)11-6-4-3-5-7-11;/h8,11,15,18H,3-7,17H2,1-2H3;1H/t15-;/m0./s1. The second-order valence-electron chi connectivity index (χ2n) is 5.49. The molecule has 1 aliphatic carbocycles. The van der Waals surface area contributed by atoms with Gasteiger partial charge in [-0.2, -0.15) is 0 Å². The lowest BCUT2D eigenvalue weighted by Crippen LogP contribution is -2.24. The predicted molar refractivity (Wildman–Crippen MR) is 86.0 cm³/mol. The highest BCUT2D eigenvalue weighted by atomic mass is 79.9. The highest BCUT2D eigenvalue weighted by Crippen LogP contribution is 2.40. The van der Waals surface area contributed by atoms with Crippen molar-refractivity contribution < 1.29 is 5.11 Å². The Balaban J connectivity index is 0.00000180. The van der Waals surface area contributed by atoms with E-state index in [2.05, 4.69) is 15.9 Å². The van der Waals surface area contributed by atoms with Crippen LogP contribution in [-0.2, 0) is 0 Å². The van der Waals surface area contributed by atoms with Crippen molar-refractivity contribution in [3.05, 3.63) is 27.2 Å². The van der Waals surface area contributed by atoms with E-state index >= 15 is 0 Å². The Morgan fingerprint density at radius 2 is 1.84 bits per heavy atom. The zero-order chi connectivity index (χ0) is 13.3. The molecule has 108 valence electrons. The van der Waals surface area contributed by atoms with Crippen LogP contribution in [-0.4, -0.2) is 5.11 Å². The molecule has 1 aliphatic rings. The minimum Gasteiger partial charge on any atom is -0.508 e. The molecule has 1 atom stereocenters. The smallest absolute Gasteiger partial charge is 0.120 e. The Morgan fingerprint density at radius 3 is 2.42 bits per heavy atom. The fourth-order valence-corrected chi connectivity index (χ4v) is 3.43. The molecule has 0 heterocycles. The molecule has 19 heavy (non-hydrogen) atoms. The molecule has 0 aliphatic heterocycles. The van der Waals surface area contributed by atoms with Crippen LogP contribution in [0.4, 0.5) is 0 Å². The van der Waals surface area contributed by atoms with Crippen LogP contribution in [0.3, 0.4) is 0 Å². The normalized spacial score (nSPS) is 17.9. The van der Waals surface area contributed by atoms with Crippen molar-refractivity contribution in [1.82, 2.24) is 0 Å². The maximum absolute atomic E-state index is 10.2. The van der Waals surface area contributed by atoms with Gasteiger partial charge in [0.2, 0.25) is 0 Å². The molecule has 3 N–H and O–H groups in total. The SMILES string of the molecule is Cc1cc(O)c([C@@H](N)C2CCCCC2)c(C)c1Br.Cl. The third-order valence-electron chi connectivity index (χ3n) is 4.20. The summed E-state index contributed by atoms with van der Waals surface area (Å²) in [6.07, 6.45) is 6.24. The number of hydrogen-bond acceptors (Lipinski definition) is 2. The Kier molecular flexibility index (Phi) is 6.15. The minimum absolute atomic E-state index is 0. The first-order valence-corrected chi connectivity index (χ1v) is 7.55. The molecular weight excluding hydrogens is 326 g/mol. The van der Waals surface area contributed by atoms with Gasteiger partial charge in [0.05, 0.1) is 0 Å². The molecule has 4 heteroatoms. The summed E-state index contributed by atoms with van der Waals surface area (Å²) >= 11 is 3.59. The van der Waals surface area contributed by atoms with Crippen LogP contribution in [0.15, 0.2) is 10.5 Å². The molecule has 0 saturated heterocycles. The summed E-state index contributed by atoms with van der Waals surface area (Å²) in [5.74, 6) is 0.865. The van der Waals surface area contributed by atoms with E-state index in [1.807, 2.05) is 19.9 Å². The van der Waals surface area contributed by atoms with Crippen LogP contribution in [0, 0.1) is 19.8 Å². The number of phenols is 1. The van der Waals surface area contributed by atoms with Crippen LogP contribution in [0.5, 0.6) is 5.75 Å². The number of halogens is 2. The zero-order valence-electron chi connectivity index (χ0n) is 11.6. The van der Waals surface area contributed by atoms with Gasteiger partial charge in [-0.1, -0.05) is 35.2 Å². The molecule has 1 aromatic rings. The maximum Gasteiger partial charge on any atom is 0.120 e. The first kappa shape index (κ1) is 16.8. The van der Waals surface area contributed by atoms with Gasteiger partial charge in [-0.3, -0.25) is 0 Å². The van der Waals surface area contributed by atoms with Crippen molar-refractivity contribution in [3.8, 4) is 5.75 Å². The monoisotopic (exact) mass is 347 g/mol. The number of aromatic hydroxyl groups is 1. The molecule has 2 rings (SSSR count). The molecule has 0 aromatic heterocycles. The number of aryl methyl sites for hydroxylation is 1. The molecule has 0 amide bonds. The molecule has 0 spiro atoms. The van der Waals surface area contributed by atoms with E-state index in [1.165, 1.54) is 32.1 Å². The van der Waals surface area contributed by atoms with Gasteiger partial charge in [0.1, 0.15) is 5.75 Å². The average Bonchev–Trinajstić information content (AvgIpc) is 2.37.